The number of piperidine rings is 1. The summed E-state index contributed by atoms with van der Waals surface area (Å²) in [4.78, 5) is 2.02. The Kier molecular flexibility index (Phi) is 5.28. The molecule has 0 bridgehead atoms. The molecule has 114 valence electrons. The molecule has 1 aromatic rings. The molecule has 0 unspecified atom stereocenters. The van der Waals surface area contributed by atoms with E-state index in [1.807, 2.05) is 0 Å². The van der Waals surface area contributed by atoms with Gasteiger partial charge in [-0.2, -0.15) is 5.26 Å². The monoisotopic (exact) mass is 311 g/mol. The van der Waals surface area contributed by atoms with Crippen LogP contribution in [0.5, 0.6) is 0 Å². The third-order valence-corrected chi connectivity index (χ3v) is 4.99. The number of nitrogens with zero attached hydrogens (tertiary/aromatic N) is 2. The number of sulfonamides is 1. The largest absolute Gasteiger partial charge is 0.301 e. The van der Waals surface area contributed by atoms with Crippen LogP contribution in [0, 0.1) is 17.1 Å². The standard InChI is InChI=1S/C14H18FN3O2S/c15-12-4-1-6-14(10-12)21(19,20)17-13-5-2-8-18(11-13)9-3-7-16/h1,4,6,10,13,17H,2-3,5,8-9,11H2/t13-/m0/s1. The Bertz CT molecular complexity index is 627. The molecule has 5 nitrogen and oxygen atoms in total. The fourth-order valence-corrected chi connectivity index (χ4v) is 3.78. The van der Waals surface area contributed by atoms with Gasteiger partial charge in [0.25, 0.3) is 0 Å². The SMILES string of the molecule is N#CCCN1CCC[C@H](NS(=O)(=O)c2cccc(F)c2)C1. The van der Waals surface area contributed by atoms with E-state index in [0.717, 1.165) is 25.5 Å². The number of nitriles is 1. The first-order valence-electron chi connectivity index (χ1n) is 6.88. The summed E-state index contributed by atoms with van der Waals surface area (Å²) in [7, 11) is -3.71. The predicted octanol–water partition coefficient (Wildman–Crippen LogP) is 1.48. The Morgan fingerprint density at radius 2 is 2.29 bits per heavy atom. The number of hydrogen-bond acceptors (Lipinski definition) is 4. The Morgan fingerprint density at radius 1 is 1.48 bits per heavy atom. The van der Waals surface area contributed by atoms with Crippen molar-refractivity contribution in [2.45, 2.75) is 30.2 Å². The van der Waals surface area contributed by atoms with Crippen LogP contribution in [-0.4, -0.2) is 39.0 Å². The quantitative estimate of drug-likeness (QED) is 0.894. The Morgan fingerprint density at radius 3 is 3.00 bits per heavy atom. The summed E-state index contributed by atoms with van der Waals surface area (Å²) in [5, 5.41) is 8.60. The molecule has 1 N–H and O–H groups in total. The van der Waals surface area contributed by atoms with E-state index in [9.17, 15) is 12.8 Å². The molecule has 1 aliphatic rings. The van der Waals surface area contributed by atoms with Crippen molar-refractivity contribution in [3.05, 3.63) is 30.1 Å². The van der Waals surface area contributed by atoms with Crippen molar-refractivity contribution in [2.75, 3.05) is 19.6 Å². The summed E-state index contributed by atoms with van der Waals surface area (Å²) < 4.78 is 40.2. The van der Waals surface area contributed by atoms with Crippen molar-refractivity contribution in [1.29, 1.82) is 5.26 Å². The molecule has 1 fully saturated rings. The van der Waals surface area contributed by atoms with Gasteiger partial charge in [0.1, 0.15) is 5.82 Å². The van der Waals surface area contributed by atoms with E-state index >= 15 is 0 Å². The van der Waals surface area contributed by atoms with Gasteiger partial charge in [0.05, 0.1) is 11.0 Å². The van der Waals surface area contributed by atoms with E-state index < -0.39 is 15.8 Å². The normalized spacial score (nSPS) is 20.1. The number of rotatable bonds is 5. The molecule has 7 heteroatoms. The Balaban J connectivity index is 2.01. The van der Waals surface area contributed by atoms with Gasteiger partial charge in [-0.25, -0.2) is 17.5 Å². The summed E-state index contributed by atoms with van der Waals surface area (Å²) in [6.45, 7) is 2.10. The van der Waals surface area contributed by atoms with Crippen LogP contribution >= 0.6 is 0 Å². The van der Waals surface area contributed by atoms with Gasteiger partial charge in [-0.15, -0.1) is 0 Å². The first-order chi connectivity index (χ1) is 10.0. The molecule has 1 aliphatic heterocycles. The zero-order valence-corrected chi connectivity index (χ0v) is 12.4. The lowest BCUT2D eigenvalue weighted by atomic mass is 10.1. The van der Waals surface area contributed by atoms with E-state index in [4.69, 9.17) is 5.26 Å². The van der Waals surface area contributed by atoms with Crippen LogP contribution in [0.25, 0.3) is 0 Å². The second kappa shape index (κ2) is 6.98. The molecule has 0 amide bonds. The van der Waals surface area contributed by atoms with Gasteiger partial charge in [-0.1, -0.05) is 6.07 Å². The molecule has 0 radical (unpaired) electrons. The number of likely N-dealkylation sites (tertiary alicyclic amines) is 1. The molecule has 1 heterocycles. The van der Waals surface area contributed by atoms with Crippen LogP contribution in [0.3, 0.4) is 0 Å². The second-order valence-electron chi connectivity index (χ2n) is 5.13. The van der Waals surface area contributed by atoms with Gasteiger partial charge in [0.2, 0.25) is 10.0 Å². The predicted molar refractivity (Wildman–Crippen MR) is 76.4 cm³/mol. The molecule has 1 atom stereocenters. The van der Waals surface area contributed by atoms with Gasteiger partial charge in [0, 0.05) is 25.6 Å². The van der Waals surface area contributed by atoms with Crippen molar-refractivity contribution in [3.63, 3.8) is 0 Å². The maximum Gasteiger partial charge on any atom is 0.240 e. The van der Waals surface area contributed by atoms with E-state index in [0.29, 0.717) is 19.5 Å². The van der Waals surface area contributed by atoms with Crippen molar-refractivity contribution >= 4 is 10.0 Å². The molecule has 1 aromatic carbocycles. The van der Waals surface area contributed by atoms with E-state index in [-0.39, 0.29) is 10.9 Å². The highest BCUT2D eigenvalue weighted by Crippen LogP contribution is 2.15. The summed E-state index contributed by atoms with van der Waals surface area (Å²) in [5.41, 5.74) is 0. The molecule has 2 rings (SSSR count). The third kappa shape index (κ3) is 4.49. The van der Waals surface area contributed by atoms with Gasteiger partial charge in [-0.3, -0.25) is 0 Å². The molecule has 0 saturated carbocycles. The zero-order chi connectivity index (χ0) is 15.3. The van der Waals surface area contributed by atoms with Crippen molar-refractivity contribution in [2.24, 2.45) is 0 Å². The average Bonchev–Trinajstić information content (AvgIpc) is 2.45. The van der Waals surface area contributed by atoms with Crippen LogP contribution in [0.15, 0.2) is 29.2 Å². The van der Waals surface area contributed by atoms with Crippen molar-refractivity contribution in [1.82, 2.24) is 9.62 Å². The van der Waals surface area contributed by atoms with Gasteiger partial charge in [-0.05, 0) is 37.6 Å². The number of benzene rings is 1. The third-order valence-electron chi connectivity index (χ3n) is 3.47. The van der Waals surface area contributed by atoms with Crippen LogP contribution in [0.4, 0.5) is 4.39 Å². The average molecular weight is 311 g/mol. The van der Waals surface area contributed by atoms with Gasteiger partial charge >= 0.3 is 0 Å². The van der Waals surface area contributed by atoms with Crippen LogP contribution in [0.2, 0.25) is 0 Å². The lowest BCUT2D eigenvalue weighted by Crippen LogP contribution is -2.47. The number of nitrogens with one attached hydrogen (secondary N) is 1. The fourth-order valence-electron chi connectivity index (χ4n) is 2.48. The molecular weight excluding hydrogens is 293 g/mol. The summed E-state index contributed by atoms with van der Waals surface area (Å²) in [6.07, 6.45) is 2.06. The smallest absolute Gasteiger partial charge is 0.240 e. The Hall–Kier alpha value is -1.49. The zero-order valence-electron chi connectivity index (χ0n) is 11.6. The second-order valence-corrected chi connectivity index (χ2v) is 6.84. The van der Waals surface area contributed by atoms with E-state index in [1.165, 1.54) is 18.2 Å². The topological polar surface area (TPSA) is 73.2 Å². The van der Waals surface area contributed by atoms with Gasteiger partial charge < -0.3 is 4.90 Å². The minimum absolute atomic E-state index is 0.0587. The number of halogens is 1. The minimum atomic E-state index is -3.71. The molecular formula is C14H18FN3O2S. The highest BCUT2D eigenvalue weighted by Gasteiger charge is 2.25. The van der Waals surface area contributed by atoms with Crippen molar-refractivity contribution in [3.8, 4) is 6.07 Å². The van der Waals surface area contributed by atoms with E-state index in [1.54, 1.807) is 0 Å². The maximum absolute atomic E-state index is 13.1. The first kappa shape index (κ1) is 15.9. The molecule has 0 aliphatic carbocycles. The molecule has 0 aromatic heterocycles. The van der Waals surface area contributed by atoms with Crippen LogP contribution in [0.1, 0.15) is 19.3 Å². The summed E-state index contributed by atoms with van der Waals surface area (Å²) >= 11 is 0. The Labute approximate surface area is 124 Å². The highest BCUT2D eigenvalue weighted by atomic mass is 32.2. The van der Waals surface area contributed by atoms with Crippen LogP contribution < -0.4 is 4.72 Å². The fraction of sp³-hybridized carbons (Fsp3) is 0.500. The van der Waals surface area contributed by atoms with Crippen molar-refractivity contribution < 1.29 is 12.8 Å². The first-order valence-corrected chi connectivity index (χ1v) is 8.37. The van der Waals surface area contributed by atoms with E-state index in [2.05, 4.69) is 15.7 Å². The highest BCUT2D eigenvalue weighted by molar-refractivity contribution is 7.89. The maximum atomic E-state index is 13.1. The summed E-state index contributed by atoms with van der Waals surface area (Å²) in [6, 6.07) is 6.86. The molecule has 1 saturated heterocycles. The summed E-state index contributed by atoms with van der Waals surface area (Å²) in [5.74, 6) is -0.572. The van der Waals surface area contributed by atoms with Gasteiger partial charge in [0.15, 0.2) is 0 Å². The minimum Gasteiger partial charge on any atom is -0.301 e. The molecule has 0 spiro atoms. The molecule has 21 heavy (non-hydrogen) atoms. The number of hydrogen-bond donors (Lipinski definition) is 1. The lowest BCUT2D eigenvalue weighted by molar-refractivity contribution is 0.206. The lowest BCUT2D eigenvalue weighted by Gasteiger charge is -2.32. The van der Waals surface area contributed by atoms with Crippen LogP contribution in [-0.2, 0) is 10.0 Å².